The number of rotatable bonds is 17. The molecule has 4 atom stereocenters. The van der Waals surface area contributed by atoms with Gasteiger partial charge >= 0.3 is 18.2 Å². The number of hydrogen-bond donors (Lipinski definition) is 4. The van der Waals surface area contributed by atoms with E-state index in [4.69, 9.17) is 9.47 Å². The maximum Gasteiger partial charge on any atom is 0.408 e. The predicted molar refractivity (Wildman–Crippen MR) is 185 cm³/mol. The number of urea groups is 1. The number of thioether (sulfide) groups is 1. The van der Waals surface area contributed by atoms with Gasteiger partial charge in [0.15, 0.2) is 0 Å². The number of nitrogens with one attached hydrogen (secondary N) is 4. The van der Waals surface area contributed by atoms with E-state index in [2.05, 4.69) is 28.2 Å². The summed E-state index contributed by atoms with van der Waals surface area (Å²) in [6.45, 7) is 8.54. The fourth-order valence-electron chi connectivity index (χ4n) is 5.70. The van der Waals surface area contributed by atoms with Crippen molar-refractivity contribution in [1.29, 1.82) is 0 Å². The second-order valence-corrected chi connectivity index (χ2v) is 15.0. The first-order valence-corrected chi connectivity index (χ1v) is 17.9. The lowest BCUT2D eigenvalue weighted by molar-refractivity contribution is -0.135. The molecule has 0 aromatic heterocycles. The van der Waals surface area contributed by atoms with Crippen LogP contribution in [-0.2, 0) is 25.7 Å². The van der Waals surface area contributed by atoms with Crippen molar-refractivity contribution in [2.45, 2.75) is 108 Å². The molecule has 0 aliphatic carbocycles. The predicted octanol–water partition coefficient (Wildman–Crippen LogP) is 4.01. The van der Waals surface area contributed by atoms with Gasteiger partial charge in [-0.3, -0.25) is 9.59 Å². The summed E-state index contributed by atoms with van der Waals surface area (Å²) in [5.41, 5.74) is -0.0173. The van der Waals surface area contributed by atoms with E-state index in [9.17, 15) is 24.0 Å². The van der Waals surface area contributed by atoms with E-state index in [0.29, 0.717) is 50.6 Å². The second-order valence-electron chi connectivity index (χ2n) is 13.8. The standard InChI is InChI=1S/C34H54N6O7S/c1-33(2,3)47-31(44)35-19-13-12-16-25(36-32(45)46-22-24-14-8-7-9-15-24)29(42)40(6)21-20-39(5)28(41)18-11-10-17-27-34(4)26(23-48-27)37-30(43)38-34/h7-9,14-15,25-27H,10-13,16-23H2,1-6H3,(H,35,44)(H,36,45)(H2,37,38,43)/t25-,26+,27+,34+/m0/s1. The van der Waals surface area contributed by atoms with Crippen molar-refractivity contribution in [2.75, 3.05) is 39.5 Å². The van der Waals surface area contributed by atoms with Crippen molar-refractivity contribution in [1.82, 2.24) is 31.1 Å². The molecule has 3 rings (SSSR count). The molecule has 2 fully saturated rings. The van der Waals surface area contributed by atoms with Crippen molar-refractivity contribution >= 4 is 41.8 Å². The first-order chi connectivity index (χ1) is 22.7. The number of hydrogen-bond acceptors (Lipinski definition) is 8. The van der Waals surface area contributed by atoms with Crippen LogP contribution < -0.4 is 21.3 Å². The van der Waals surface area contributed by atoms with Gasteiger partial charge < -0.3 is 40.5 Å². The van der Waals surface area contributed by atoms with Gasteiger partial charge in [0.05, 0.1) is 11.6 Å². The van der Waals surface area contributed by atoms with E-state index in [0.717, 1.165) is 30.6 Å². The third-order valence-corrected chi connectivity index (χ3v) is 10.3. The Morgan fingerprint density at radius 1 is 1.02 bits per heavy atom. The van der Waals surface area contributed by atoms with Crippen molar-refractivity contribution in [3.8, 4) is 0 Å². The SMILES string of the molecule is CN(CCN(C)C(=O)[C@H](CCCCNC(=O)OC(C)(C)C)NC(=O)OCc1ccccc1)C(=O)CCCC[C@H]1SC[C@H]2NC(=O)N[C@]21C. The summed E-state index contributed by atoms with van der Waals surface area (Å²) in [4.78, 5) is 65.8. The third-order valence-electron chi connectivity index (χ3n) is 8.62. The first-order valence-electron chi connectivity index (χ1n) is 16.8. The largest absolute Gasteiger partial charge is 0.445 e. The minimum Gasteiger partial charge on any atom is -0.445 e. The Labute approximate surface area is 289 Å². The molecule has 0 unspecified atom stereocenters. The number of benzene rings is 1. The molecule has 0 radical (unpaired) electrons. The number of ether oxygens (including phenoxy) is 2. The van der Waals surface area contributed by atoms with Crippen LogP contribution >= 0.6 is 11.8 Å². The highest BCUT2D eigenvalue weighted by molar-refractivity contribution is 8.00. The first kappa shape index (κ1) is 38.8. The highest BCUT2D eigenvalue weighted by Gasteiger charge is 2.52. The molecule has 0 spiro atoms. The second kappa shape index (κ2) is 18.2. The smallest absolute Gasteiger partial charge is 0.408 e. The molecule has 1 aromatic rings. The summed E-state index contributed by atoms with van der Waals surface area (Å²) in [6.07, 6.45) is 3.23. The fraction of sp³-hybridized carbons (Fsp3) is 0.676. The van der Waals surface area contributed by atoms with Gasteiger partial charge in [-0.25, -0.2) is 14.4 Å². The van der Waals surface area contributed by atoms with Crippen LogP contribution in [0.25, 0.3) is 0 Å². The van der Waals surface area contributed by atoms with Gasteiger partial charge in [0.2, 0.25) is 11.8 Å². The van der Waals surface area contributed by atoms with Gasteiger partial charge in [-0.2, -0.15) is 11.8 Å². The van der Waals surface area contributed by atoms with Crippen LogP contribution in [0.3, 0.4) is 0 Å². The van der Waals surface area contributed by atoms with Gasteiger partial charge in [-0.1, -0.05) is 36.8 Å². The molecule has 2 heterocycles. The number of nitrogens with zero attached hydrogens (tertiary/aromatic N) is 2. The molecule has 2 saturated heterocycles. The van der Waals surface area contributed by atoms with Gasteiger partial charge in [0.1, 0.15) is 18.2 Å². The average Bonchev–Trinajstić information content (AvgIpc) is 3.49. The lowest BCUT2D eigenvalue weighted by Gasteiger charge is -2.29. The summed E-state index contributed by atoms with van der Waals surface area (Å²) >= 11 is 1.87. The molecular formula is C34H54N6O7S. The van der Waals surface area contributed by atoms with Crippen molar-refractivity contribution in [3.63, 3.8) is 0 Å². The zero-order valence-electron chi connectivity index (χ0n) is 29.3. The summed E-state index contributed by atoms with van der Waals surface area (Å²) in [5, 5.41) is 11.8. The highest BCUT2D eigenvalue weighted by atomic mass is 32.2. The number of unbranched alkanes of at least 4 members (excludes halogenated alkanes) is 2. The number of fused-ring (bicyclic) bond motifs is 1. The lowest BCUT2D eigenvalue weighted by Crippen LogP contribution is -2.50. The maximum absolute atomic E-state index is 13.5. The van der Waals surface area contributed by atoms with Crippen LogP contribution in [0, 0.1) is 0 Å². The molecule has 0 bridgehead atoms. The molecule has 2 aliphatic rings. The topological polar surface area (TPSA) is 158 Å². The number of carbonyl (C=O) groups is 5. The van der Waals surface area contributed by atoms with E-state index in [1.807, 2.05) is 42.1 Å². The van der Waals surface area contributed by atoms with Crippen LogP contribution in [0.4, 0.5) is 14.4 Å². The molecule has 2 aliphatic heterocycles. The summed E-state index contributed by atoms with van der Waals surface area (Å²) in [6, 6.07) is 8.46. The molecule has 268 valence electrons. The number of alkyl carbamates (subject to hydrolysis) is 2. The van der Waals surface area contributed by atoms with Crippen molar-refractivity contribution in [3.05, 3.63) is 35.9 Å². The molecule has 0 saturated carbocycles. The zero-order chi connectivity index (χ0) is 35.3. The summed E-state index contributed by atoms with van der Waals surface area (Å²) in [5.74, 6) is 0.609. The molecule has 1 aromatic carbocycles. The van der Waals surface area contributed by atoms with E-state index in [1.54, 1.807) is 39.8 Å². The highest BCUT2D eigenvalue weighted by Crippen LogP contribution is 2.41. The van der Waals surface area contributed by atoms with Crippen LogP contribution in [0.1, 0.15) is 78.2 Å². The van der Waals surface area contributed by atoms with Crippen molar-refractivity contribution in [2.24, 2.45) is 0 Å². The normalized spacial score (nSPS) is 20.5. The molecule has 13 nitrogen and oxygen atoms in total. The van der Waals surface area contributed by atoms with Crippen LogP contribution in [0.2, 0.25) is 0 Å². The van der Waals surface area contributed by atoms with E-state index in [-0.39, 0.29) is 36.0 Å². The molecular weight excluding hydrogens is 636 g/mol. The Kier molecular flexibility index (Phi) is 14.7. The lowest BCUT2D eigenvalue weighted by atomic mass is 9.88. The van der Waals surface area contributed by atoms with Gasteiger partial charge in [0, 0.05) is 51.2 Å². The number of likely N-dealkylation sites (N-methyl/N-ethyl adjacent to an activating group) is 2. The Morgan fingerprint density at radius 2 is 1.73 bits per heavy atom. The molecule has 14 heteroatoms. The Balaban J connectivity index is 1.42. The van der Waals surface area contributed by atoms with Crippen LogP contribution in [0.15, 0.2) is 30.3 Å². The quantitative estimate of drug-likeness (QED) is 0.141. The fourth-order valence-corrected chi connectivity index (χ4v) is 7.46. The minimum absolute atomic E-state index is 0.00602. The average molecular weight is 691 g/mol. The van der Waals surface area contributed by atoms with Gasteiger partial charge in [-0.05, 0) is 65.4 Å². The minimum atomic E-state index is -0.837. The molecule has 6 amide bonds. The third kappa shape index (κ3) is 12.4. The van der Waals surface area contributed by atoms with Crippen LogP contribution in [0.5, 0.6) is 0 Å². The van der Waals surface area contributed by atoms with Crippen LogP contribution in [-0.4, -0.2) is 108 Å². The van der Waals surface area contributed by atoms with E-state index >= 15 is 0 Å². The maximum atomic E-state index is 13.5. The summed E-state index contributed by atoms with van der Waals surface area (Å²) < 4.78 is 10.6. The van der Waals surface area contributed by atoms with E-state index < -0.39 is 23.8 Å². The molecule has 48 heavy (non-hydrogen) atoms. The van der Waals surface area contributed by atoms with Crippen molar-refractivity contribution < 1.29 is 33.4 Å². The van der Waals surface area contributed by atoms with Gasteiger partial charge in [0.25, 0.3) is 0 Å². The monoisotopic (exact) mass is 690 g/mol. The van der Waals surface area contributed by atoms with E-state index in [1.165, 1.54) is 4.90 Å². The zero-order valence-corrected chi connectivity index (χ0v) is 30.1. The Morgan fingerprint density at radius 3 is 2.44 bits per heavy atom. The number of amides is 6. The summed E-state index contributed by atoms with van der Waals surface area (Å²) in [7, 11) is 3.38. The molecule has 4 N–H and O–H groups in total. The Bertz CT molecular complexity index is 1250. The van der Waals surface area contributed by atoms with Gasteiger partial charge in [-0.15, -0.1) is 0 Å². The Hall–Kier alpha value is -3.68. The number of carbonyl (C=O) groups excluding carboxylic acids is 5.